The summed E-state index contributed by atoms with van der Waals surface area (Å²) < 4.78 is 38.6. The van der Waals surface area contributed by atoms with Crippen molar-refractivity contribution in [1.82, 2.24) is 9.03 Å². The summed E-state index contributed by atoms with van der Waals surface area (Å²) in [5.74, 6) is 1.32. The number of hydrogen-bond donors (Lipinski definition) is 1. The highest BCUT2D eigenvalue weighted by Crippen LogP contribution is 2.27. The van der Waals surface area contributed by atoms with Crippen molar-refractivity contribution in [3.63, 3.8) is 0 Å². The second-order valence-electron chi connectivity index (χ2n) is 4.94. The van der Waals surface area contributed by atoms with Crippen LogP contribution in [0.2, 0.25) is 0 Å². The van der Waals surface area contributed by atoms with Crippen molar-refractivity contribution in [2.75, 3.05) is 33.9 Å². The first-order valence-electron chi connectivity index (χ1n) is 7.02. The van der Waals surface area contributed by atoms with E-state index < -0.39 is 10.2 Å². The van der Waals surface area contributed by atoms with E-state index in [1.54, 1.807) is 14.2 Å². The van der Waals surface area contributed by atoms with Crippen LogP contribution in [0.1, 0.15) is 18.4 Å². The summed E-state index contributed by atoms with van der Waals surface area (Å²) in [6, 6.07) is 5.59. The van der Waals surface area contributed by atoms with Gasteiger partial charge in [0.1, 0.15) is 0 Å². The Bertz CT molecular complexity index is 568. The van der Waals surface area contributed by atoms with Gasteiger partial charge in [0.15, 0.2) is 11.5 Å². The van der Waals surface area contributed by atoms with Gasteiger partial charge in [-0.3, -0.25) is 0 Å². The van der Waals surface area contributed by atoms with Crippen molar-refractivity contribution in [3.05, 3.63) is 23.8 Å². The summed E-state index contributed by atoms with van der Waals surface area (Å²) in [5, 5.41) is 0. The second-order valence-corrected chi connectivity index (χ2v) is 6.70. The highest BCUT2D eigenvalue weighted by atomic mass is 32.2. The summed E-state index contributed by atoms with van der Waals surface area (Å²) >= 11 is 0. The third kappa shape index (κ3) is 4.09. The average Bonchev–Trinajstić information content (AvgIpc) is 3.02. The number of hydrogen-bond acceptors (Lipinski definition) is 4. The molecule has 0 aromatic heterocycles. The van der Waals surface area contributed by atoms with Crippen molar-refractivity contribution in [1.29, 1.82) is 0 Å². The van der Waals surface area contributed by atoms with E-state index in [9.17, 15) is 8.42 Å². The fourth-order valence-electron chi connectivity index (χ4n) is 2.38. The van der Waals surface area contributed by atoms with E-state index in [1.165, 1.54) is 4.31 Å². The first kappa shape index (κ1) is 16.1. The lowest BCUT2D eigenvalue weighted by atomic mass is 10.1. The molecule has 0 radical (unpaired) electrons. The molecule has 0 unspecified atom stereocenters. The maximum absolute atomic E-state index is 12.0. The quantitative estimate of drug-likeness (QED) is 0.820. The van der Waals surface area contributed by atoms with Crippen molar-refractivity contribution in [2.24, 2.45) is 0 Å². The largest absolute Gasteiger partial charge is 0.493 e. The van der Waals surface area contributed by atoms with Gasteiger partial charge in [-0.25, -0.2) is 4.72 Å². The lowest BCUT2D eigenvalue weighted by Gasteiger charge is -2.16. The highest BCUT2D eigenvalue weighted by Gasteiger charge is 2.24. The average molecular weight is 314 g/mol. The van der Waals surface area contributed by atoms with E-state index in [-0.39, 0.29) is 0 Å². The number of nitrogens with zero attached hydrogens (tertiary/aromatic N) is 1. The van der Waals surface area contributed by atoms with Gasteiger partial charge >= 0.3 is 0 Å². The molecule has 7 heteroatoms. The molecule has 1 N–H and O–H groups in total. The van der Waals surface area contributed by atoms with Gasteiger partial charge in [0.05, 0.1) is 14.2 Å². The minimum atomic E-state index is -3.33. The monoisotopic (exact) mass is 314 g/mol. The van der Waals surface area contributed by atoms with Crippen LogP contribution in [0.25, 0.3) is 0 Å². The third-order valence-electron chi connectivity index (χ3n) is 3.55. The topological polar surface area (TPSA) is 67.9 Å². The smallest absolute Gasteiger partial charge is 0.279 e. The molecule has 1 aromatic carbocycles. The van der Waals surface area contributed by atoms with Crippen LogP contribution >= 0.6 is 0 Å². The van der Waals surface area contributed by atoms with Gasteiger partial charge in [-0.2, -0.15) is 12.7 Å². The number of ether oxygens (including phenoxy) is 2. The minimum absolute atomic E-state index is 0.369. The van der Waals surface area contributed by atoms with Crippen molar-refractivity contribution in [3.8, 4) is 11.5 Å². The first-order chi connectivity index (χ1) is 10.1. The molecule has 6 nitrogen and oxygen atoms in total. The molecule has 0 aliphatic carbocycles. The van der Waals surface area contributed by atoms with E-state index in [2.05, 4.69) is 4.72 Å². The van der Waals surface area contributed by atoms with Crippen molar-refractivity contribution >= 4 is 10.2 Å². The van der Waals surface area contributed by atoms with E-state index in [0.29, 0.717) is 37.6 Å². The third-order valence-corrected chi connectivity index (χ3v) is 5.16. The van der Waals surface area contributed by atoms with E-state index >= 15 is 0 Å². The van der Waals surface area contributed by atoms with Crippen LogP contribution in [0.3, 0.4) is 0 Å². The predicted molar refractivity (Wildman–Crippen MR) is 81.0 cm³/mol. The molecule has 1 saturated heterocycles. The molecule has 0 saturated carbocycles. The Morgan fingerprint density at radius 2 is 1.81 bits per heavy atom. The Morgan fingerprint density at radius 3 is 2.43 bits per heavy atom. The molecule has 1 aliphatic rings. The zero-order valence-electron chi connectivity index (χ0n) is 12.5. The molecule has 1 aromatic rings. The maximum Gasteiger partial charge on any atom is 0.279 e. The van der Waals surface area contributed by atoms with Crippen LogP contribution in [0.15, 0.2) is 18.2 Å². The molecular weight excluding hydrogens is 292 g/mol. The summed E-state index contributed by atoms with van der Waals surface area (Å²) in [7, 11) is -0.165. The normalized spacial score (nSPS) is 16.1. The van der Waals surface area contributed by atoms with E-state index in [4.69, 9.17) is 9.47 Å². The van der Waals surface area contributed by atoms with Crippen LogP contribution < -0.4 is 14.2 Å². The van der Waals surface area contributed by atoms with E-state index in [0.717, 1.165) is 18.4 Å². The Balaban J connectivity index is 1.91. The Labute approximate surface area is 126 Å². The van der Waals surface area contributed by atoms with Gasteiger partial charge in [-0.1, -0.05) is 6.07 Å². The van der Waals surface area contributed by atoms with Crippen molar-refractivity contribution in [2.45, 2.75) is 19.3 Å². The van der Waals surface area contributed by atoms with Crippen LogP contribution in [-0.2, 0) is 16.6 Å². The van der Waals surface area contributed by atoms with Gasteiger partial charge in [0.2, 0.25) is 0 Å². The molecule has 0 amide bonds. The van der Waals surface area contributed by atoms with Gasteiger partial charge in [0.25, 0.3) is 10.2 Å². The summed E-state index contributed by atoms with van der Waals surface area (Å²) in [6.45, 7) is 1.60. The lowest BCUT2D eigenvalue weighted by Crippen LogP contribution is -2.39. The molecule has 21 heavy (non-hydrogen) atoms. The van der Waals surface area contributed by atoms with Gasteiger partial charge in [-0.15, -0.1) is 0 Å². The standard InChI is InChI=1S/C14H22N2O4S/c1-19-13-6-5-12(11-14(13)20-2)7-8-15-21(17,18)16-9-3-4-10-16/h5-6,11,15H,3-4,7-10H2,1-2H3. The summed E-state index contributed by atoms with van der Waals surface area (Å²) in [5.41, 5.74) is 0.997. The minimum Gasteiger partial charge on any atom is -0.493 e. The molecule has 0 spiro atoms. The van der Waals surface area contributed by atoms with Crippen LogP contribution in [0.5, 0.6) is 11.5 Å². The van der Waals surface area contributed by atoms with Gasteiger partial charge < -0.3 is 9.47 Å². The molecule has 1 aliphatic heterocycles. The first-order valence-corrected chi connectivity index (χ1v) is 8.46. The number of methoxy groups -OCH3 is 2. The number of nitrogens with one attached hydrogen (secondary N) is 1. The van der Waals surface area contributed by atoms with Crippen LogP contribution in [0, 0.1) is 0 Å². The number of rotatable bonds is 7. The zero-order valence-corrected chi connectivity index (χ0v) is 13.3. The SMILES string of the molecule is COc1ccc(CCNS(=O)(=O)N2CCCC2)cc1OC. The fourth-order valence-corrected chi connectivity index (χ4v) is 3.66. The summed E-state index contributed by atoms with van der Waals surface area (Å²) in [6.07, 6.45) is 2.49. The molecular formula is C14H22N2O4S. The fraction of sp³-hybridized carbons (Fsp3) is 0.571. The molecule has 0 atom stereocenters. The Kier molecular flexibility index (Phi) is 5.44. The molecule has 0 bridgehead atoms. The van der Waals surface area contributed by atoms with Gasteiger partial charge in [0, 0.05) is 19.6 Å². The molecule has 1 heterocycles. The molecule has 2 rings (SSSR count). The van der Waals surface area contributed by atoms with Crippen LogP contribution in [0.4, 0.5) is 0 Å². The number of benzene rings is 1. The second kappa shape index (κ2) is 7.11. The molecule has 1 fully saturated rings. The molecule has 118 valence electrons. The Morgan fingerprint density at radius 1 is 1.14 bits per heavy atom. The maximum atomic E-state index is 12.0. The van der Waals surface area contributed by atoms with Crippen molar-refractivity contribution < 1.29 is 17.9 Å². The van der Waals surface area contributed by atoms with E-state index in [1.807, 2.05) is 18.2 Å². The Hall–Kier alpha value is -1.31. The van der Waals surface area contributed by atoms with Crippen LogP contribution in [-0.4, -0.2) is 46.6 Å². The highest BCUT2D eigenvalue weighted by molar-refractivity contribution is 7.87. The van der Waals surface area contributed by atoms with Gasteiger partial charge in [-0.05, 0) is 37.0 Å². The summed E-state index contributed by atoms with van der Waals surface area (Å²) in [4.78, 5) is 0. The zero-order chi connectivity index (χ0) is 15.3. The predicted octanol–water partition coefficient (Wildman–Crippen LogP) is 1.18. The lowest BCUT2D eigenvalue weighted by molar-refractivity contribution is 0.354.